The maximum atomic E-state index is 12.3. The number of amides is 2. The van der Waals surface area contributed by atoms with E-state index in [0.29, 0.717) is 18.7 Å². The predicted molar refractivity (Wildman–Crippen MR) is 81.0 cm³/mol. The molecule has 4 rings (SSSR count). The van der Waals surface area contributed by atoms with Crippen molar-refractivity contribution in [2.24, 2.45) is 10.7 Å². The van der Waals surface area contributed by atoms with Gasteiger partial charge >= 0.3 is 0 Å². The number of hydrogen-bond acceptors (Lipinski definition) is 5. The molecule has 7 nitrogen and oxygen atoms in total. The van der Waals surface area contributed by atoms with E-state index in [-0.39, 0.29) is 23.7 Å². The summed E-state index contributed by atoms with van der Waals surface area (Å²) in [6, 6.07) is 7.34. The molecule has 2 atom stereocenters. The molecule has 22 heavy (non-hydrogen) atoms. The summed E-state index contributed by atoms with van der Waals surface area (Å²) in [5, 5.41) is 8.64. The van der Waals surface area contributed by atoms with Crippen LogP contribution in [0.5, 0.6) is 0 Å². The molecule has 1 fully saturated rings. The van der Waals surface area contributed by atoms with E-state index in [9.17, 15) is 9.59 Å². The van der Waals surface area contributed by atoms with Gasteiger partial charge in [-0.05, 0) is 23.6 Å². The lowest BCUT2D eigenvalue weighted by Crippen LogP contribution is -2.38. The van der Waals surface area contributed by atoms with Crippen molar-refractivity contribution < 1.29 is 9.59 Å². The van der Waals surface area contributed by atoms with E-state index in [4.69, 9.17) is 5.73 Å². The summed E-state index contributed by atoms with van der Waals surface area (Å²) in [7, 11) is 0. The first kappa shape index (κ1) is 12.9. The molecule has 1 aromatic carbocycles. The standard InChI is InChI=1S/C15H15N5O2/c16-15-19-11(14(22)20-15)8-5-6-17-13(21)12-10(8)7-3-1-2-4-9(7)18-12/h1-4,10,12,18H,5-6H2,(H,17,21)(H3,16,19,20,22)/b11-8-. The largest absolute Gasteiger partial charge is 0.373 e. The third-order valence-corrected chi connectivity index (χ3v) is 4.28. The fourth-order valence-electron chi connectivity index (χ4n) is 3.38. The minimum Gasteiger partial charge on any atom is -0.373 e. The first-order chi connectivity index (χ1) is 10.6. The lowest BCUT2D eigenvalue weighted by Gasteiger charge is -2.18. The van der Waals surface area contributed by atoms with Gasteiger partial charge in [0, 0.05) is 18.2 Å². The molecule has 1 aromatic rings. The van der Waals surface area contributed by atoms with Crippen LogP contribution in [0.15, 0.2) is 40.5 Å². The van der Waals surface area contributed by atoms with Gasteiger partial charge in [0.25, 0.3) is 5.91 Å². The number of hydrogen-bond donors (Lipinski definition) is 4. The van der Waals surface area contributed by atoms with E-state index in [1.807, 2.05) is 24.3 Å². The van der Waals surface area contributed by atoms with Crippen molar-refractivity contribution in [2.75, 3.05) is 11.9 Å². The second-order valence-corrected chi connectivity index (χ2v) is 5.55. The minimum atomic E-state index is -0.424. The van der Waals surface area contributed by atoms with Gasteiger partial charge in [0.05, 0.1) is 0 Å². The molecule has 0 aliphatic carbocycles. The van der Waals surface area contributed by atoms with E-state index in [0.717, 1.165) is 16.8 Å². The Balaban J connectivity index is 1.90. The van der Waals surface area contributed by atoms with Crippen LogP contribution in [0.2, 0.25) is 0 Å². The first-order valence-electron chi connectivity index (χ1n) is 7.17. The lowest BCUT2D eigenvalue weighted by molar-refractivity contribution is -0.121. The molecule has 0 radical (unpaired) electrons. The number of benzene rings is 1. The number of rotatable bonds is 0. The van der Waals surface area contributed by atoms with Crippen LogP contribution in [-0.2, 0) is 9.59 Å². The van der Waals surface area contributed by atoms with Gasteiger partial charge in [0.15, 0.2) is 0 Å². The van der Waals surface area contributed by atoms with E-state index < -0.39 is 6.04 Å². The normalized spacial score (nSPS) is 29.7. The Hall–Kier alpha value is -2.83. The lowest BCUT2D eigenvalue weighted by atomic mass is 9.85. The number of aliphatic imine (C=N–C) groups is 1. The van der Waals surface area contributed by atoms with E-state index in [2.05, 4.69) is 20.9 Å². The SMILES string of the molecule is NC1=N/C(=C2/CCNC(=O)C3Nc4ccccc4C23)C(=O)N1. The fourth-order valence-corrected chi connectivity index (χ4v) is 3.38. The molecule has 3 heterocycles. The Labute approximate surface area is 126 Å². The third kappa shape index (κ3) is 1.78. The van der Waals surface area contributed by atoms with Gasteiger partial charge in [0.1, 0.15) is 11.7 Å². The summed E-state index contributed by atoms with van der Waals surface area (Å²) >= 11 is 0. The zero-order valence-corrected chi connectivity index (χ0v) is 11.7. The van der Waals surface area contributed by atoms with Gasteiger partial charge < -0.3 is 16.4 Å². The maximum absolute atomic E-state index is 12.3. The van der Waals surface area contributed by atoms with Crippen LogP contribution in [0.25, 0.3) is 0 Å². The van der Waals surface area contributed by atoms with Crippen molar-refractivity contribution in [1.82, 2.24) is 10.6 Å². The molecule has 7 heteroatoms. The van der Waals surface area contributed by atoms with Crippen molar-refractivity contribution in [3.8, 4) is 0 Å². The number of fused-ring (bicyclic) bond motifs is 3. The molecule has 3 aliphatic rings. The first-order valence-corrected chi connectivity index (χ1v) is 7.17. The quantitative estimate of drug-likeness (QED) is 0.496. The average molecular weight is 297 g/mol. The number of nitrogens with one attached hydrogen (secondary N) is 3. The van der Waals surface area contributed by atoms with Gasteiger partial charge in [0.2, 0.25) is 11.9 Å². The van der Waals surface area contributed by atoms with Gasteiger partial charge in [-0.15, -0.1) is 0 Å². The molecule has 0 spiro atoms. The summed E-state index contributed by atoms with van der Waals surface area (Å²) in [5.41, 5.74) is 8.72. The van der Waals surface area contributed by atoms with Gasteiger partial charge in [-0.25, -0.2) is 4.99 Å². The Morgan fingerprint density at radius 1 is 1.23 bits per heavy atom. The van der Waals surface area contributed by atoms with Crippen molar-refractivity contribution in [2.45, 2.75) is 18.4 Å². The van der Waals surface area contributed by atoms with Crippen LogP contribution < -0.4 is 21.7 Å². The highest BCUT2D eigenvalue weighted by Gasteiger charge is 2.42. The smallest absolute Gasteiger partial charge is 0.276 e. The van der Waals surface area contributed by atoms with Crippen molar-refractivity contribution in [1.29, 1.82) is 0 Å². The molecule has 5 N–H and O–H groups in total. The topological polar surface area (TPSA) is 109 Å². The maximum Gasteiger partial charge on any atom is 0.276 e. The molecule has 1 saturated heterocycles. The highest BCUT2D eigenvalue weighted by molar-refractivity contribution is 6.11. The van der Waals surface area contributed by atoms with Crippen LogP contribution in [0.4, 0.5) is 5.69 Å². The fraction of sp³-hybridized carbons (Fsp3) is 0.267. The number of anilines is 1. The zero-order chi connectivity index (χ0) is 15.3. The Bertz CT molecular complexity index is 752. The van der Waals surface area contributed by atoms with Gasteiger partial charge in [-0.2, -0.15) is 0 Å². The Kier molecular flexibility index (Phi) is 2.69. The van der Waals surface area contributed by atoms with Crippen molar-refractivity contribution in [3.63, 3.8) is 0 Å². The summed E-state index contributed by atoms with van der Waals surface area (Å²) < 4.78 is 0. The molecule has 0 aromatic heterocycles. The van der Waals surface area contributed by atoms with Crippen molar-refractivity contribution >= 4 is 23.5 Å². The molecular weight excluding hydrogens is 282 g/mol. The summed E-state index contributed by atoms with van der Waals surface area (Å²) in [5.74, 6) is -0.460. The average Bonchev–Trinajstić information content (AvgIpc) is 2.99. The number of carbonyl (C=O) groups is 2. The number of guanidine groups is 1. The van der Waals surface area contributed by atoms with E-state index in [1.54, 1.807) is 0 Å². The number of carbonyl (C=O) groups excluding carboxylic acids is 2. The molecular formula is C15H15N5O2. The third-order valence-electron chi connectivity index (χ3n) is 4.28. The second kappa shape index (κ2) is 4.59. The van der Waals surface area contributed by atoms with Crippen molar-refractivity contribution in [3.05, 3.63) is 41.1 Å². The number of nitrogens with two attached hydrogens (primary N) is 1. The number of nitrogens with zero attached hydrogens (tertiary/aromatic N) is 1. The highest BCUT2D eigenvalue weighted by Crippen LogP contribution is 2.44. The monoisotopic (exact) mass is 297 g/mol. The van der Waals surface area contributed by atoms with Crippen LogP contribution in [0.3, 0.4) is 0 Å². The molecule has 2 unspecified atom stereocenters. The minimum absolute atomic E-state index is 0.0628. The molecule has 2 amide bonds. The van der Waals surface area contributed by atoms with Crippen LogP contribution in [-0.4, -0.2) is 30.4 Å². The van der Waals surface area contributed by atoms with Crippen LogP contribution in [0.1, 0.15) is 17.9 Å². The van der Waals surface area contributed by atoms with Gasteiger partial charge in [-0.3, -0.25) is 14.9 Å². The Morgan fingerprint density at radius 2 is 2.05 bits per heavy atom. The Morgan fingerprint density at radius 3 is 2.82 bits per heavy atom. The summed E-state index contributed by atoms with van der Waals surface area (Å²) in [6.45, 7) is 0.483. The van der Waals surface area contributed by atoms with E-state index >= 15 is 0 Å². The highest BCUT2D eigenvalue weighted by atomic mass is 16.2. The zero-order valence-electron chi connectivity index (χ0n) is 11.7. The molecule has 3 aliphatic heterocycles. The van der Waals surface area contributed by atoms with Crippen LogP contribution in [0, 0.1) is 0 Å². The van der Waals surface area contributed by atoms with Crippen LogP contribution >= 0.6 is 0 Å². The molecule has 0 bridgehead atoms. The van der Waals surface area contributed by atoms with E-state index in [1.165, 1.54) is 0 Å². The molecule has 0 saturated carbocycles. The summed E-state index contributed by atoms with van der Waals surface area (Å²) in [6.07, 6.45) is 0.572. The molecule has 112 valence electrons. The number of para-hydroxylation sites is 1. The predicted octanol–water partition coefficient (Wildman–Crippen LogP) is -0.217. The van der Waals surface area contributed by atoms with Gasteiger partial charge in [-0.1, -0.05) is 18.2 Å². The summed E-state index contributed by atoms with van der Waals surface area (Å²) in [4.78, 5) is 28.5. The second-order valence-electron chi connectivity index (χ2n) is 5.55.